The van der Waals surface area contributed by atoms with E-state index in [1.165, 1.54) is 12.8 Å². The molecule has 1 heterocycles. The Morgan fingerprint density at radius 3 is 2.94 bits per heavy atom. The molecule has 18 heavy (non-hydrogen) atoms. The second-order valence-corrected chi connectivity index (χ2v) is 5.70. The Labute approximate surface area is 118 Å². The van der Waals surface area contributed by atoms with Gasteiger partial charge >= 0.3 is 0 Å². The van der Waals surface area contributed by atoms with Crippen LogP contribution in [0.4, 0.5) is 11.4 Å². The molecule has 1 saturated heterocycles. The van der Waals surface area contributed by atoms with Crippen LogP contribution < -0.4 is 16.0 Å². The first-order valence-corrected chi connectivity index (χ1v) is 6.96. The summed E-state index contributed by atoms with van der Waals surface area (Å²) in [5.41, 5.74) is 7.37. The van der Waals surface area contributed by atoms with Crippen LogP contribution in [0.15, 0.2) is 18.2 Å². The molecule has 1 aromatic carbocycles. The molecule has 1 atom stereocenters. The molecule has 5 heteroatoms. The third kappa shape index (κ3) is 3.27. The van der Waals surface area contributed by atoms with E-state index in [0.29, 0.717) is 0 Å². The normalized spacial score (nSPS) is 19.7. The van der Waals surface area contributed by atoms with Crippen LogP contribution in [0.2, 0.25) is 5.02 Å². The summed E-state index contributed by atoms with van der Waals surface area (Å²) >= 11 is 11.1. The number of nitrogens with one attached hydrogen (secondary N) is 1. The smallest absolute Gasteiger partial charge is 0.168 e. The van der Waals surface area contributed by atoms with Gasteiger partial charge in [-0.05, 0) is 49.2 Å². The molecule has 0 spiro atoms. The SMILES string of the molecule is CC1CCCN(c2ccc(NC(N)=S)cc2Cl)C1. The molecule has 1 aliphatic heterocycles. The Bertz CT molecular complexity index is 450. The van der Waals surface area contributed by atoms with Gasteiger partial charge in [0.15, 0.2) is 5.11 Å². The lowest BCUT2D eigenvalue weighted by Gasteiger charge is -2.33. The first-order valence-electron chi connectivity index (χ1n) is 6.17. The van der Waals surface area contributed by atoms with Crippen LogP contribution in [-0.4, -0.2) is 18.2 Å². The maximum Gasteiger partial charge on any atom is 0.168 e. The zero-order valence-corrected chi connectivity index (χ0v) is 12.0. The van der Waals surface area contributed by atoms with Crippen LogP contribution in [0.1, 0.15) is 19.8 Å². The minimum atomic E-state index is 0.255. The molecule has 1 unspecified atom stereocenters. The van der Waals surface area contributed by atoms with E-state index in [9.17, 15) is 0 Å². The number of nitrogens with zero attached hydrogens (tertiary/aromatic N) is 1. The quantitative estimate of drug-likeness (QED) is 0.818. The fourth-order valence-electron chi connectivity index (χ4n) is 2.39. The lowest BCUT2D eigenvalue weighted by Crippen LogP contribution is -2.34. The molecule has 0 amide bonds. The summed E-state index contributed by atoms with van der Waals surface area (Å²) in [5, 5.41) is 3.89. The second-order valence-electron chi connectivity index (χ2n) is 4.85. The van der Waals surface area contributed by atoms with Crippen LogP contribution in [0, 0.1) is 5.92 Å². The third-order valence-electron chi connectivity index (χ3n) is 3.21. The van der Waals surface area contributed by atoms with Gasteiger partial charge in [-0.3, -0.25) is 0 Å². The second kappa shape index (κ2) is 5.76. The molecule has 0 aliphatic carbocycles. The fraction of sp³-hybridized carbons (Fsp3) is 0.462. The summed E-state index contributed by atoms with van der Waals surface area (Å²) in [4.78, 5) is 2.35. The summed E-state index contributed by atoms with van der Waals surface area (Å²) in [6.45, 7) is 4.43. The molecule has 98 valence electrons. The van der Waals surface area contributed by atoms with Crippen molar-refractivity contribution in [3.8, 4) is 0 Å². The predicted molar refractivity (Wildman–Crippen MR) is 82.5 cm³/mol. The Morgan fingerprint density at radius 2 is 2.33 bits per heavy atom. The van der Waals surface area contributed by atoms with Crippen molar-refractivity contribution in [1.29, 1.82) is 0 Å². The van der Waals surface area contributed by atoms with Gasteiger partial charge in [-0.15, -0.1) is 0 Å². The van der Waals surface area contributed by atoms with Crippen molar-refractivity contribution in [3.63, 3.8) is 0 Å². The summed E-state index contributed by atoms with van der Waals surface area (Å²) in [6.07, 6.45) is 2.53. The van der Waals surface area contributed by atoms with Crippen LogP contribution in [0.5, 0.6) is 0 Å². The number of piperidine rings is 1. The lowest BCUT2D eigenvalue weighted by molar-refractivity contribution is 0.447. The van der Waals surface area contributed by atoms with Gasteiger partial charge in [0.05, 0.1) is 10.7 Å². The minimum absolute atomic E-state index is 0.255. The van der Waals surface area contributed by atoms with E-state index in [2.05, 4.69) is 17.1 Å². The van der Waals surface area contributed by atoms with Crippen LogP contribution in [0.3, 0.4) is 0 Å². The molecule has 1 fully saturated rings. The molecule has 1 aromatic rings. The molecule has 0 radical (unpaired) electrons. The van der Waals surface area contributed by atoms with Crippen molar-refractivity contribution in [3.05, 3.63) is 23.2 Å². The van der Waals surface area contributed by atoms with Gasteiger partial charge in [-0.1, -0.05) is 18.5 Å². The third-order valence-corrected chi connectivity index (χ3v) is 3.62. The highest BCUT2D eigenvalue weighted by atomic mass is 35.5. The van der Waals surface area contributed by atoms with Crippen molar-refractivity contribution in [2.75, 3.05) is 23.3 Å². The number of thiocarbonyl (C=S) groups is 1. The zero-order valence-electron chi connectivity index (χ0n) is 10.4. The van der Waals surface area contributed by atoms with E-state index in [0.717, 1.165) is 35.4 Å². The Balaban J connectivity index is 2.16. The Morgan fingerprint density at radius 1 is 1.56 bits per heavy atom. The van der Waals surface area contributed by atoms with Crippen LogP contribution in [0.25, 0.3) is 0 Å². The standard InChI is InChI=1S/C13H18ClN3S/c1-9-3-2-6-17(8-9)12-5-4-10(7-11(12)14)16-13(15)18/h4-5,7,9H,2-3,6,8H2,1H3,(H3,15,16,18). The number of halogens is 1. The van der Waals surface area contributed by atoms with Gasteiger partial charge in [-0.25, -0.2) is 0 Å². The van der Waals surface area contributed by atoms with Crippen molar-refractivity contribution < 1.29 is 0 Å². The van der Waals surface area contributed by atoms with Gasteiger partial charge < -0.3 is 16.0 Å². The molecule has 0 aromatic heterocycles. The average Bonchev–Trinajstić information content (AvgIpc) is 2.28. The molecule has 3 N–H and O–H groups in total. The number of hydrogen-bond donors (Lipinski definition) is 2. The van der Waals surface area contributed by atoms with Crippen molar-refractivity contribution in [1.82, 2.24) is 0 Å². The maximum atomic E-state index is 6.33. The van der Waals surface area contributed by atoms with Gasteiger partial charge in [-0.2, -0.15) is 0 Å². The largest absolute Gasteiger partial charge is 0.376 e. The summed E-state index contributed by atoms with van der Waals surface area (Å²) in [6, 6.07) is 5.86. The highest BCUT2D eigenvalue weighted by Gasteiger charge is 2.18. The number of hydrogen-bond acceptors (Lipinski definition) is 2. The molecular formula is C13H18ClN3S. The molecule has 1 aliphatic rings. The van der Waals surface area contributed by atoms with Crippen LogP contribution in [-0.2, 0) is 0 Å². The molecule has 3 nitrogen and oxygen atoms in total. The van der Waals surface area contributed by atoms with Crippen molar-refractivity contribution >= 4 is 40.3 Å². The number of benzene rings is 1. The Hall–Kier alpha value is -1.00. The monoisotopic (exact) mass is 283 g/mol. The van der Waals surface area contributed by atoms with Gasteiger partial charge in [0.1, 0.15) is 0 Å². The van der Waals surface area contributed by atoms with E-state index < -0.39 is 0 Å². The lowest BCUT2D eigenvalue weighted by atomic mass is 10.00. The summed E-state index contributed by atoms with van der Waals surface area (Å²) in [7, 11) is 0. The summed E-state index contributed by atoms with van der Waals surface area (Å²) in [5.74, 6) is 0.726. The number of rotatable bonds is 2. The summed E-state index contributed by atoms with van der Waals surface area (Å²) < 4.78 is 0. The van der Waals surface area contributed by atoms with Crippen LogP contribution >= 0.6 is 23.8 Å². The molecular weight excluding hydrogens is 266 g/mol. The number of nitrogens with two attached hydrogens (primary N) is 1. The molecule has 2 rings (SSSR count). The maximum absolute atomic E-state index is 6.33. The van der Waals surface area contributed by atoms with E-state index in [1.54, 1.807) is 0 Å². The zero-order chi connectivity index (χ0) is 13.1. The van der Waals surface area contributed by atoms with E-state index in [1.807, 2.05) is 18.2 Å². The molecule has 0 saturated carbocycles. The molecule has 0 bridgehead atoms. The minimum Gasteiger partial charge on any atom is -0.376 e. The number of anilines is 2. The highest BCUT2D eigenvalue weighted by molar-refractivity contribution is 7.80. The van der Waals surface area contributed by atoms with E-state index in [4.69, 9.17) is 29.6 Å². The van der Waals surface area contributed by atoms with E-state index >= 15 is 0 Å². The average molecular weight is 284 g/mol. The first-order chi connectivity index (χ1) is 8.56. The van der Waals surface area contributed by atoms with Crippen molar-refractivity contribution in [2.45, 2.75) is 19.8 Å². The predicted octanol–water partition coefficient (Wildman–Crippen LogP) is 3.23. The van der Waals surface area contributed by atoms with E-state index in [-0.39, 0.29) is 5.11 Å². The fourth-order valence-corrected chi connectivity index (χ4v) is 2.81. The van der Waals surface area contributed by atoms with Gasteiger partial charge in [0, 0.05) is 18.8 Å². The van der Waals surface area contributed by atoms with Crippen molar-refractivity contribution in [2.24, 2.45) is 11.7 Å². The highest BCUT2D eigenvalue weighted by Crippen LogP contribution is 2.31. The van der Waals surface area contributed by atoms with Gasteiger partial charge in [0.2, 0.25) is 0 Å². The first kappa shape index (κ1) is 13.4. The van der Waals surface area contributed by atoms with Gasteiger partial charge in [0.25, 0.3) is 0 Å². The Kier molecular flexibility index (Phi) is 4.30. The topological polar surface area (TPSA) is 41.3 Å².